The van der Waals surface area contributed by atoms with Gasteiger partial charge >= 0.3 is 0 Å². The minimum Gasteiger partial charge on any atom is -0.316 e. The molecule has 16 heavy (non-hydrogen) atoms. The van der Waals surface area contributed by atoms with Gasteiger partial charge in [0, 0.05) is 23.9 Å². The number of rotatable bonds is 4. The monoisotopic (exact) mass is 218 g/mol. The average Bonchev–Trinajstić information content (AvgIpc) is 2.35. The predicted octanol–water partition coefficient (Wildman–Crippen LogP) is 2.89. The van der Waals surface area contributed by atoms with E-state index < -0.39 is 0 Å². The van der Waals surface area contributed by atoms with E-state index in [4.69, 9.17) is 0 Å². The van der Waals surface area contributed by atoms with E-state index in [2.05, 4.69) is 36.4 Å². The number of hydrogen-bond acceptors (Lipinski definition) is 2. The summed E-state index contributed by atoms with van der Waals surface area (Å²) in [6, 6.07) is 4.90. The Bertz CT molecular complexity index is 335. The fourth-order valence-electron chi connectivity index (χ4n) is 2.89. The molecule has 88 valence electrons. The van der Waals surface area contributed by atoms with Crippen LogP contribution in [-0.4, -0.2) is 18.1 Å². The lowest BCUT2D eigenvalue weighted by Crippen LogP contribution is -2.34. The van der Waals surface area contributed by atoms with Crippen LogP contribution in [0.15, 0.2) is 18.3 Å². The summed E-state index contributed by atoms with van der Waals surface area (Å²) >= 11 is 0. The molecule has 0 saturated heterocycles. The van der Waals surface area contributed by atoms with E-state index in [1.165, 1.54) is 43.4 Å². The average molecular weight is 218 g/mol. The highest BCUT2D eigenvalue weighted by molar-refractivity contribution is 5.27. The van der Waals surface area contributed by atoms with Crippen LogP contribution in [0.5, 0.6) is 0 Å². The molecular weight excluding hydrogens is 196 g/mol. The number of aryl methyl sites for hydroxylation is 1. The van der Waals surface area contributed by atoms with Crippen molar-refractivity contribution in [3.63, 3.8) is 0 Å². The van der Waals surface area contributed by atoms with Crippen LogP contribution in [0.3, 0.4) is 0 Å². The molecule has 0 fully saturated rings. The van der Waals surface area contributed by atoms with E-state index in [9.17, 15) is 0 Å². The van der Waals surface area contributed by atoms with Crippen LogP contribution >= 0.6 is 0 Å². The molecule has 2 unspecified atom stereocenters. The molecule has 0 saturated carbocycles. The normalized spacial score (nSPS) is 21.5. The van der Waals surface area contributed by atoms with Gasteiger partial charge in [-0.05, 0) is 44.4 Å². The lowest BCUT2D eigenvalue weighted by atomic mass is 9.80. The summed E-state index contributed by atoms with van der Waals surface area (Å²) in [7, 11) is 2.08. The van der Waals surface area contributed by atoms with Crippen molar-refractivity contribution >= 4 is 0 Å². The minimum atomic E-state index is 0.596. The van der Waals surface area contributed by atoms with Crippen molar-refractivity contribution in [2.24, 2.45) is 0 Å². The Hall–Kier alpha value is -0.890. The quantitative estimate of drug-likeness (QED) is 0.840. The fraction of sp³-hybridized carbons (Fsp3) is 0.643. The van der Waals surface area contributed by atoms with E-state index in [0.717, 1.165) is 0 Å². The number of pyridine rings is 1. The molecule has 1 aliphatic carbocycles. The lowest BCUT2D eigenvalue weighted by molar-refractivity contribution is 0.383. The first kappa shape index (κ1) is 11.6. The van der Waals surface area contributed by atoms with Crippen LogP contribution in [-0.2, 0) is 6.42 Å². The van der Waals surface area contributed by atoms with Crippen molar-refractivity contribution in [3.05, 3.63) is 29.6 Å². The zero-order chi connectivity index (χ0) is 11.4. The van der Waals surface area contributed by atoms with Gasteiger partial charge in [0.1, 0.15) is 0 Å². The summed E-state index contributed by atoms with van der Waals surface area (Å²) in [6.45, 7) is 2.26. The van der Waals surface area contributed by atoms with Crippen molar-refractivity contribution < 1.29 is 0 Å². The first-order valence-corrected chi connectivity index (χ1v) is 6.47. The van der Waals surface area contributed by atoms with Gasteiger partial charge in [-0.1, -0.05) is 19.4 Å². The second-order valence-electron chi connectivity index (χ2n) is 4.73. The van der Waals surface area contributed by atoms with Crippen molar-refractivity contribution in [2.75, 3.05) is 7.05 Å². The molecule has 0 amide bonds. The zero-order valence-electron chi connectivity index (χ0n) is 10.4. The molecule has 1 aromatic heterocycles. The SMILES string of the molecule is CCCC(NC)C1CCCc2cccnc21. The van der Waals surface area contributed by atoms with Crippen LogP contribution < -0.4 is 5.32 Å². The summed E-state index contributed by atoms with van der Waals surface area (Å²) in [4.78, 5) is 4.61. The van der Waals surface area contributed by atoms with Gasteiger partial charge in [0.25, 0.3) is 0 Å². The largest absolute Gasteiger partial charge is 0.316 e. The molecule has 2 atom stereocenters. The summed E-state index contributed by atoms with van der Waals surface area (Å²) in [5.41, 5.74) is 2.82. The van der Waals surface area contributed by atoms with E-state index in [-0.39, 0.29) is 0 Å². The minimum absolute atomic E-state index is 0.596. The third-order valence-corrected chi connectivity index (χ3v) is 3.69. The number of nitrogens with zero attached hydrogens (tertiary/aromatic N) is 1. The van der Waals surface area contributed by atoms with Gasteiger partial charge in [0.2, 0.25) is 0 Å². The fourth-order valence-corrected chi connectivity index (χ4v) is 2.89. The zero-order valence-corrected chi connectivity index (χ0v) is 10.4. The molecule has 2 rings (SSSR count). The summed E-state index contributed by atoms with van der Waals surface area (Å²) < 4.78 is 0. The molecular formula is C14H22N2. The van der Waals surface area contributed by atoms with Gasteiger partial charge in [0.05, 0.1) is 0 Å². The molecule has 2 heteroatoms. The van der Waals surface area contributed by atoms with Gasteiger partial charge in [0.15, 0.2) is 0 Å². The molecule has 1 heterocycles. The highest BCUT2D eigenvalue weighted by atomic mass is 14.9. The molecule has 1 N–H and O–H groups in total. The Balaban J connectivity index is 2.23. The first-order valence-electron chi connectivity index (χ1n) is 6.47. The van der Waals surface area contributed by atoms with Gasteiger partial charge in [-0.2, -0.15) is 0 Å². The van der Waals surface area contributed by atoms with Gasteiger partial charge in [-0.15, -0.1) is 0 Å². The highest BCUT2D eigenvalue weighted by Gasteiger charge is 2.27. The van der Waals surface area contributed by atoms with E-state index in [1.807, 2.05) is 6.20 Å². The van der Waals surface area contributed by atoms with Crippen molar-refractivity contribution in [3.8, 4) is 0 Å². The van der Waals surface area contributed by atoms with Crippen molar-refractivity contribution in [2.45, 2.75) is 51.0 Å². The highest BCUT2D eigenvalue weighted by Crippen LogP contribution is 2.33. The van der Waals surface area contributed by atoms with E-state index in [0.29, 0.717) is 12.0 Å². The van der Waals surface area contributed by atoms with Crippen molar-refractivity contribution in [1.29, 1.82) is 0 Å². The second kappa shape index (κ2) is 5.44. The Morgan fingerprint density at radius 2 is 2.44 bits per heavy atom. The topological polar surface area (TPSA) is 24.9 Å². The Morgan fingerprint density at radius 3 is 3.19 bits per heavy atom. The van der Waals surface area contributed by atoms with Gasteiger partial charge in [-0.25, -0.2) is 0 Å². The summed E-state index contributed by atoms with van der Waals surface area (Å²) in [6.07, 6.45) is 8.24. The number of likely N-dealkylation sites (N-methyl/N-ethyl adjacent to an activating group) is 1. The maximum absolute atomic E-state index is 4.61. The molecule has 0 aliphatic heterocycles. The van der Waals surface area contributed by atoms with Gasteiger partial charge < -0.3 is 5.32 Å². The standard InChI is InChI=1S/C14H22N2/c1-3-6-13(15-2)12-9-4-7-11-8-5-10-16-14(11)12/h5,8,10,12-13,15H,3-4,6-7,9H2,1-2H3. The summed E-state index contributed by atoms with van der Waals surface area (Å²) in [5, 5.41) is 3.47. The molecule has 0 bridgehead atoms. The van der Waals surface area contributed by atoms with E-state index in [1.54, 1.807) is 0 Å². The number of nitrogens with one attached hydrogen (secondary N) is 1. The molecule has 2 nitrogen and oxygen atoms in total. The van der Waals surface area contributed by atoms with Crippen LogP contribution in [0.4, 0.5) is 0 Å². The number of aromatic nitrogens is 1. The first-order chi connectivity index (χ1) is 7.86. The van der Waals surface area contributed by atoms with Gasteiger partial charge in [-0.3, -0.25) is 4.98 Å². The van der Waals surface area contributed by atoms with Crippen LogP contribution in [0, 0.1) is 0 Å². The molecule has 0 aromatic carbocycles. The smallest absolute Gasteiger partial charge is 0.0481 e. The number of hydrogen-bond donors (Lipinski definition) is 1. The molecule has 0 radical (unpaired) electrons. The molecule has 1 aliphatic rings. The van der Waals surface area contributed by atoms with E-state index >= 15 is 0 Å². The Morgan fingerprint density at radius 1 is 1.56 bits per heavy atom. The Kier molecular flexibility index (Phi) is 3.94. The summed E-state index contributed by atoms with van der Waals surface area (Å²) in [5.74, 6) is 0.620. The third-order valence-electron chi connectivity index (χ3n) is 3.69. The number of fused-ring (bicyclic) bond motifs is 1. The van der Waals surface area contributed by atoms with Crippen LogP contribution in [0.25, 0.3) is 0 Å². The van der Waals surface area contributed by atoms with Crippen molar-refractivity contribution in [1.82, 2.24) is 10.3 Å². The third kappa shape index (κ3) is 2.27. The maximum atomic E-state index is 4.61. The van der Waals surface area contributed by atoms with Crippen LogP contribution in [0.2, 0.25) is 0 Å². The Labute approximate surface area is 98.5 Å². The maximum Gasteiger partial charge on any atom is 0.0481 e. The molecule has 0 spiro atoms. The van der Waals surface area contributed by atoms with Crippen LogP contribution in [0.1, 0.15) is 49.8 Å². The lowest BCUT2D eigenvalue weighted by Gasteiger charge is -2.31. The second-order valence-corrected chi connectivity index (χ2v) is 4.73. The molecule has 1 aromatic rings. The predicted molar refractivity (Wildman–Crippen MR) is 67.7 cm³/mol.